The maximum Gasteiger partial charge on any atom is 0.253 e. The predicted molar refractivity (Wildman–Crippen MR) is 131 cm³/mol. The first-order chi connectivity index (χ1) is 16.5. The van der Waals surface area contributed by atoms with Crippen LogP contribution in [0.5, 0.6) is 0 Å². The standard InChI is InChI=1S/C27H26N6O/c1-19(2)31-11-13-32(14-12-31)27(34)23-9-7-21(8-10-23)24-18-33-25(16-30-26(33)17-29-24)22-5-3-20(15-28)4-6-22/h3-10,16-19H,11-14H2,1-2H3. The predicted octanol–water partition coefficient (Wildman–Crippen LogP) is 4.10. The summed E-state index contributed by atoms with van der Waals surface area (Å²) in [6.45, 7) is 7.73. The molecule has 3 heterocycles. The Morgan fingerprint density at radius 1 is 0.912 bits per heavy atom. The van der Waals surface area contributed by atoms with E-state index in [0.717, 1.165) is 54.3 Å². The van der Waals surface area contributed by atoms with Crippen LogP contribution in [0.25, 0.3) is 28.2 Å². The molecule has 5 rings (SSSR count). The van der Waals surface area contributed by atoms with E-state index < -0.39 is 0 Å². The van der Waals surface area contributed by atoms with Crippen LogP contribution >= 0.6 is 0 Å². The van der Waals surface area contributed by atoms with Crippen molar-refractivity contribution in [1.82, 2.24) is 24.2 Å². The van der Waals surface area contributed by atoms with Crippen LogP contribution in [-0.2, 0) is 0 Å². The molecule has 1 fully saturated rings. The van der Waals surface area contributed by atoms with Gasteiger partial charge >= 0.3 is 0 Å². The summed E-state index contributed by atoms with van der Waals surface area (Å²) in [5.74, 6) is 0.0797. The average molecular weight is 451 g/mol. The highest BCUT2D eigenvalue weighted by atomic mass is 16.2. The molecule has 4 aromatic rings. The summed E-state index contributed by atoms with van der Waals surface area (Å²) >= 11 is 0. The number of carbonyl (C=O) groups is 1. The second-order valence-electron chi connectivity index (χ2n) is 8.83. The highest BCUT2D eigenvalue weighted by Crippen LogP contribution is 2.24. The van der Waals surface area contributed by atoms with Crippen LogP contribution in [0.1, 0.15) is 29.8 Å². The summed E-state index contributed by atoms with van der Waals surface area (Å²) in [7, 11) is 0. The number of rotatable bonds is 4. The summed E-state index contributed by atoms with van der Waals surface area (Å²) < 4.78 is 2.00. The molecule has 2 aromatic carbocycles. The highest BCUT2D eigenvalue weighted by molar-refractivity contribution is 5.94. The van der Waals surface area contributed by atoms with E-state index in [1.165, 1.54) is 0 Å². The number of fused-ring (bicyclic) bond motifs is 1. The fourth-order valence-electron chi connectivity index (χ4n) is 4.37. The van der Waals surface area contributed by atoms with E-state index >= 15 is 0 Å². The molecule has 0 atom stereocenters. The maximum absolute atomic E-state index is 13.0. The van der Waals surface area contributed by atoms with Crippen LogP contribution in [0.2, 0.25) is 0 Å². The van der Waals surface area contributed by atoms with Gasteiger partial charge in [0.05, 0.1) is 35.4 Å². The lowest BCUT2D eigenvalue weighted by Crippen LogP contribution is -2.50. The van der Waals surface area contributed by atoms with E-state index in [1.807, 2.05) is 58.1 Å². The van der Waals surface area contributed by atoms with Gasteiger partial charge in [-0.05, 0) is 38.1 Å². The molecule has 0 aliphatic carbocycles. The molecule has 0 N–H and O–H groups in total. The van der Waals surface area contributed by atoms with Crippen molar-refractivity contribution in [1.29, 1.82) is 5.26 Å². The summed E-state index contributed by atoms with van der Waals surface area (Å²) in [4.78, 5) is 26.3. The smallest absolute Gasteiger partial charge is 0.253 e. The molecule has 0 unspecified atom stereocenters. The normalized spacial score (nSPS) is 14.5. The van der Waals surface area contributed by atoms with E-state index in [2.05, 4.69) is 34.8 Å². The number of hydrogen-bond donors (Lipinski definition) is 0. The number of nitriles is 1. The van der Waals surface area contributed by atoms with Gasteiger partial charge in [-0.15, -0.1) is 0 Å². The van der Waals surface area contributed by atoms with Gasteiger partial charge in [-0.2, -0.15) is 5.26 Å². The van der Waals surface area contributed by atoms with Crippen molar-refractivity contribution in [3.8, 4) is 28.6 Å². The number of aromatic nitrogens is 3. The molecule has 7 heteroatoms. The third-order valence-corrected chi connectivity index (χ3v) is 6.47. The number of carbonyl (C=O) groups excluding carboxylic acids is 1. The Hall–Kier alpha value is -4.02. The largest absolute Gasteiger partial charge is 0.336 e. The molecule has 7 nitrogen and oxygen atoms in total. The van der Waals surface area contributed by atoms with Crippen molar-refractivity contribution in [3.05, 3.63) is 78.2 Å². The Labute approximate surface area is 198 Å². The van der Waals surface area contributed by atoms with Crippen molar-refractivity contribution in [3.63, 3.8) is 0 Å². The van der Waals surface area contributed by atoms with Crippen LogP contribution < -0.4 is 0 Å². The molecule has 34 heavy (non-hydrogen) atoms. The van der Waals surface area contributed by atoms with E-state index in [9.17, 15) is 4.79 Å². The average Bonchev–Trinajstić information content (AvgIpc) is 3.32. The van der Waals surface area contributed by atoms with Gasteiger partial charge in [0.25, 0.3) is 5.91 Å². The van der Waals surface area contributed by atoms with E-state index in [0.29, 0.717) is 17.2 Å². The lowest BCUT2D eigenvalue weighted by Gasteiger charge is -2.37. The zero-order valence-electron chi connectivity index (χ0n) is 19.3. The highest BCUT2D eigenvalue weighted by Gasteiger charge is 2.23. The first-order valence-corrected chi connectivity index (χ1v) is 11.5. The van der Waals surface area contributed by atoms with Gasteiger partial charge < -0.3 is 4.90 Å². The van der Waals surface area contributed by atoms with Gasteiger partial charge in [-0.1, -0.05) is 24.3 Å². The molecule has 170 valence electrons. The van der Waals surface area contributed by atoms with Crippen molar-refractivity contribution >= 4 is 11.6 Å². The molecule has 1 amide bonds. The quantitative estimate of drug-likeness (QED) is 0.468. The van der Waals surface area contributed by atoms with Crippen LogP contribution in [0.15, 0.2) is 67.1 Å². The molecule has 2 aromatic heterocycles. The van der Waals surface area contributed by atoms with Crippen LogP contribution in [0, 0.1) is 11.3 Å². The van der Waals surface area contributed by atoms with Gasteiger partial charge in [-0.25, -0.2) is 4.98 Å². The lowest BCUT2D eigenvalue weighted by molar-refractivity contribution is 0.0595. The SMILES string of the molecule is CC(C)N1CCN(C(=O)c2ccc(-c3cn4c(-c5ccc(C#N)cc5)cnc4cn3)cc2)CC1. The second kappa shape index (κ2) is 9.08. The summed E-state index contributed by atoms with van der Waals surface area (Å²) in [5, 5.41) is 9.05. The number of piperazine rings is 1. The van der Waals surface area contributed by atoms with Crippen molar-refractivity contribution in [2.75, 3.05) is 26.2 Å². The fraction of sp³-hybridized carbons (Fsp3) is 0.259. The number of benzene rings is 2. The topological polar surface area (TPSA) is 77.5 Å². The van der Waals surface area contributed by atoms with Gasteiger partial charge in [-0.3, -0.25) is 19.1 Å². The van der Waals surface area contributed by atoms with Gasteiger partial charge in [0.15, 0.2) is 5.65 Å². The zero-order valence-corrected chi connectivity index (χ0v) is 19.3. The Bertz CT molecular complexity index is 1360. The van der Waals surface area contributed by atoms with E-state index in [1.54, 1.807) is 18.3 Å². The van der Waals surface area contributed by atoms with Crippen molar-refractivity contribution in [2.45, 2.75) is 19.9 Å². The van der Waals surface area contributed by atoms with Crippen LogP contribution in [0.3, 0.4) is 0 Å². The number of imidazole rings is 1. The maximum atomic E-state index is 13.0. The van der Waals surface area contributed by atoms with Crippen molar-refractivity contribution in [2.24, 2.45) is 0 Å². The molecule has 1 saturated heterocycles. The third kappa shape index (κ3) is 4.16. The van der Waals surface area contributed by atoms with Gasteiger partial charge in [0.1, 0.15) is 0 Å². The van der Waals surface area contributed by atoms with Crippen LogP contribution in [-0.4, -0.2) is 62.3 Å². The Balaban J connectivity index is 1.37. The molecule has 1 aliphatic heterocycles. The summed E-state index contributed by atoms with van der Waals surface area (Å²) in [6.07, 6.45) is 5.51. The van der Waals surface area contributed by atoms with E-state index in [4.69, 9.17) is 5.26 Å². The molecule has 0 saturated carbocycles. The Morgan fingerprint density at radius 2 is 1.59 bits per heavy atom. The third-order valence-electron chi connectivity index (χ3n) is 6.47. The fourth-order valence-corrected chi connectivity index (χ4v) is 4.37. The molecular formula is C27H26N6O. The zero-order chi connectivity index (χ0) is 23.7. The Morgan fingerprint density at radius 3 is 2.24 bits per heavy atom. The molecular weight excluding hydrogens is 424 g/mol. The summed E-state index contributed by atoms with van der Waals surface area (Å²) in [6, 6.07) is 17.8. The molecule has 0 bridgehead atoms. The first kappa shape index (κ1) is 21.8. The minimum atomic E-state index is 0.0797. The van der Waals surface area contributed by atoms with Crippen LogP contribution in [0.4, 0.5) is 0 Å². The van der Waals surface area contributed by atoms with Gasteiger partial charge in [0, 0.05) is 55.1 Å². The Kier molecular flexibility index (Phi) is 5.83. The second-order valence-corrected chi connectivity index (χ2v) is 8.83. The molecule has 0 radical (unpaired) electrons. The molecule has 0 spiro atoms. The van der Waals surface area contributed by atoms with Gasteiger partial charge in [0.2, 0.25) is 0 Å². The number of hydrogen-bond acceptors (Lipinski definition) is 5. The summed E-state index contributed by atoms with van der Waals surface area (Å²) in [5.41, 5.74) is 5.70. The minimum Gasteiger partial charge on any atom is -0.336 e. The monoisotopic (exact) mass is 450 g/mol. The lowest BCUT2D eigenvalue weighted by atomic mass is 10.1. The van der Waals surface area contributed by atoms with E-state index in [-0.39, 0.29) is 5.91 Å². The molecule has 1 aliphatic rings. The first-order valence-electron chi connectivity index (χ1n) is 11.5. The number of amides is 1. The van der Waals surface area contributed by atoms with Crippen molar-refractivity contribution < 1.29 is 4.79 Å². The number of nitrogens with zero attached hydrogens (tertiary/aromatic N) is 6. The minimum absolute atomic E-state index is 0.0797.